The molecule has 9 heavy (non-hydrogen) atoms. The summed E-state index contributed by atoms with van der Waals surface area (Å²) in [4.78, 5) is 0. The molecule has 2 unspecified atom stereocenters. The Morgan fingerprint density at radius 3 is 2.33 bits per heavy atom. The highest BCUT2D eigenvalue weighted by Gasteiger charge is 2.03. The summed E-state index contributed by atoms with van der Waals surface area (Å²) in [6, 6.07) is 0. The minimum absolute atomic E-state index is 0.707. The molecule has 0 spiro atoms. The zero-order chi connectivity index (χ0) is 7.28. The fourth-order valence-corrected chi connectivity index (χ4v) is 0.353. The molecule has 0 fully saturated rings. The van der Waals surface area contributed by atoms with Gasteiger partial charge in [-0.05, 0) is 6.92 Å². The van der Waals surface area contributed by atoms with Crippen molar-refractivity contribution in [3.05, 3.63) is 24.8 Å². The Labute approximate surface area is 55.1 Å². The van der Waals surface area contributed by atoms with Gasteiger partial charge in [-0.1, -0.05) is 24.8 Å². The molecule has 2 atom stereocenters. The minimum atomic E-state index is -0.775. The average Bonchev–Trinajstić information content (AvgIpc) is 1.82. The van der Waals surface area contributed by atoms with Crippen LogP contribution in [-0.2, 0) is 0 Å². The first kappa shape index (κ1) is 8.40. The van der Waals surface area contributed by atoms with Gasteiger partial charge in [-0.3, -0.25) is 0 Å². The van der Waals surface area contributed by atoms with Gasteiger partial charge in [0.15, 0.2) is 0 Å². The zero-order valence-corrected chi connectivity index (χ0v) is 5.49. The number of aliphatic hydroxyl groups excluding tert-OH is 2. The van der Waals surface area contributed by atoms with E-state index in [4.69, 9.17) is 10.2 Å². The van der Waals surface area contributed by atoms with Gasteiger partial charge in [0.25, 0.3) is 0 Å². The summed E-state index contributed by atoms with van der Waals surface area (Å²) in [5.74, 6) is 0. The van der Waals surface area contributed by atoms with E-state index in [1.165, 1.54) is 13.0 Å². The predicted molar refractivity (Wildman–Crippen MR) is 37.0 cm³/mol. The lowest BCUT2D eigenvalue weighted by Crippen LogP contribution is -2.19. The van der Waals surface area contributed by atoms with Crippen LogP contribution in [0.1, 0.15) is 6.92 Å². The summed E-state index contributed by atoms with van der Waals surface area (Å²) in [5.41, 5.74) is 0. The van der Waals surface area contributed by atoms with Crippen molar-refractivity contribution in [1.29, 1.82) is 0 Å². The molecule has 0 radical (unpaired) electrons. The Morgan fingerprint density at radius 2 is 2.00 bits per heavy atom. The Balaban J connectivity index is 3.61. The van der Waals surface area contributed by atoms with Crippen LogP contribution >= 0.6 is 0 Å². The molecule has 2 N–H and O–H groups in total. The van der Waals surface area contributed by atoms with Gasteiger partial charge in [0.2, 0.25) is 0 Å². The zero-order valence-electron chi connectivity index (χ0n) is 5.49. The molecule has 0 saturated heterocycles. The third-order valence-corrected chi connectivity index (χ3v) is 0.939. The highest BCUT2D eigenvalue weighted by Crippen LogP contribution is 1.92. The second-order valence-electron chi connectivity index (χ2n) is 1.85. The van der Waals surface area contributed by atoms with Gasteiger partial charge >= 0.3 is 0 Å². The SMILES string of the molecule is C=CC=CC(O)C(C)O. The predicted octanol–water partition coefficient (Wildman–Crippen LogP) is 0.470. The van der Waals surface area contributed by atoms with Crippen molar-refractivity contribution in [3.63, 3.8) is 0 Å². The Hall–Kier alpha value is -0.600. The normalized spacial score (nSPS) is 17.7. The van der Waals surface area contributed by atoms with Gasteiger partial charge in [-0.15, -0.1) is 0 Å². The van der Waals surface area contributed by atoms with Crippen molar-refractivity contribution in [2.75, 3.05) is 0 Å². The van der Waals surface area contributed by atoms with E-state index in [2.05, 4.69) is 6.58 Å². The molecule has 0 aromatic carbocycles. The molecule has 52 valence electrons. The summed E-state index contributed by atoms with van der Waals surface area (Å²) in [7, 11) is 0. The summed E-state index contributed by atoms with van der Waals surface area (Å²) in [6.45, 7) is 4.94. The second-order valence-corrected chi connectivity index (χ2v) is 1.85. The van der Waals surface area contributed by atoms with Crippen LogP contribution in [0.15, 0.2) is 24.8 Å². The molecular formula is C7H12O2. The molecule has 0 aromatic rings. The van der Waals surface area contributed by atoms with E-state index >= 15 is 0 Å². The number of hydrogen-bond acceptors (Lipinski definition) is 2. The van der Waals surface area contributed by atoms with Crippen LogP contribution in [0.3, 0.4) is 0 Å². The van der Waals surface area contributed by atoms with Crippen LogP contribution in [0.2, 0.25) is 0 Å². The van der Waals surface area contributed by atoms with E-state index in [9.17, 15) is 0 Å². The summed E-state index contributed by atoms with van der Waals surface area (Å²) >= 11 is 0. The van der Waals surface area contributed by atoms with Gasteiger partial charge in [-0.2, -0.15) is 0 Å². The molecule has 0 aliphatic rings. The lowest BCUT2D eigenvalue weighted by molar-refractivity contribution is 0.0619. The first-order valence-corrected chi connectivity index (χ1v) is 2.84. The monoisotopic (exact) mass is 128 g/mol. The highest BCUT2D eigenvalue weighted by atomic mass is 16.3. The molecule has 0 heterocycles. The van der Waals surface area contributed by atoms with Crippen molar-refractivity contribution in [2.45, 2.75) is 19.1 Å². The number of hydrogen-bond donors (Lipinski definition) is 2. The van der Waals surface area contributed by atoms with Crippen molar-refractivity contribution in [3.8, 4) is 0 Å². The van der Waals surface area contributed by atoms with Crippen molar-refractivity contribution < 1.29 is 10.2 Å². The van der Waals surface area contributed by atoms with Crippen molar-refractivity contribution >= 4 is 0 Å². The quantitative estimate of drug-likeness (QED) is 0.542. The second kappa shape index (κ2) is 4.30. The van der Waals surface area contributed by atoms with E-state index in [0.29, 0.717) is 0 Å². The molecule has 0 amide bonds. The minimum Gasteiger partial charge on any atom is -0.390 e. The topological polar surface area (TPSA) is 40.5 Å². The number of allylic oxidation sites excluding steroid dienone is 2. The summed E-state index contributed by atoms with van der Waals surface area (Å²) < 4.78 is 0. The molecule has 0 aliphatic heterocycles. The maximum Gasteiger partial charge on any atom is 0.0980 e. The highest BCUT2D eigenvalue weighted by molar-refractivity contribution is 5.01. The van der Waals surface area contributed by atoms with E-state index in [1.807, 2.05) is 0 Å². The fourth-order valence-electron chi connectivity index (χ4n) is 0.353. The number of aliphatic hydroxyl groups is 2. The summed E-state index contributed by atoms with van der Waals surface area (Å²) in [5, 5.41) is 17.6. The Kier molecular flexibility index (Phi) is 4.01. The standard InChI is InChI=1S/C7H12O2/c1-3-4-5-7(9)6(2)8/h3-9H,1H2,2H3. The summed E-state index contributed by atoms with van der Waals surface area (Å²) in [6.07, 6.45) is 3.14. The van der Waals surface area contributed by atoms with Crippen LogP contribution in [0, 0.1) is 0 Å². The molecule has 0 saturated carbocycles. The van der Waals surface area contributed by atoms with Gasteiger partial charge in [0, 0.05) is 0 Å². The third kappa shape index (κ3) is 3.94. The first-order chi connectivity index (χ1) is 4.18. The third-order valence-electron chi connectivity index (χ3n) is 0.939. The average molecular weight is 128 g/mol. The molecule has 0 aromatic heterocycles. The van der Waals surface area contributed by atoms with Crippen LogP contribution in [0.25, 0.3) is 0 Å². The molecule has 0 aliphatic carbocycles. The Morgan fingerprint density at radius 1 is 1.44 bits per heavy atom. The first-order valence-electron chi connectivity index (χ1n) is 2.84. The Bertz CT molecular complexity index is 105. The number of rotatable bonds is 3. The maximum atomic E-state index is 8.87. The maximum absolute atomic E-state index is 8.87. The van der Waals surface area contributed by atoms with Crippen LogP contribution in [0.5, 0.6) is 0 Å². The lowest BCUT2D eigenvalue weighted by atomic mass is 10.2. The molecule has 0 rings (SSSR count). The van der Waals surface area contributed by atoms with Crippen molar-refractivity contribution in [2.24, 2.45) is 0 Å². The van der Waals surface area contributed by atoms with Crippen LogP contribution in [-0.4, -0.2) is 22.4 Å². The van der Waals surface area contributed by atoms with Gasteiger partial charge < -0.3 is 10.2 Å². The van der Waals surface area contributed by atoms with Gasteiger partial charge in [0.1, 0.15) is 0 Å². The van der Waals surface area contributed by atoms with Crippen LogP contribution in [0.4, 0.5) is 0 Å². The largest absolute Gasteiger partial charge is 0.390 e. The smallest absolute Gasteiger partial charge is 0.0980 e. The molecular weight excluding hydrogens is 116 g/mol. The van der Waals surface area contributed by atoms with E-state index in [0.717, 1.165) is 0 Å². The van der Waals surface area contributed by atoms with Gasteiger partial charge in [-0.25, -0.2) is 0 Å². The lowest BCUT2D eigenvalue weighted by Gasteiger charge is -2.06. The van der Waals surface area contributed by atoms with Gasteiger partial charge in [0.05, 0.1) is 12.2 Å². The molecule has 0 bridgehead atoms. The molecule has 2 nitrogen and oxygen atoms in total. The fraction of sp³-hybridized carbons (Fsp3) is 0.429. The van der Waals surface area contributed by atoms with E-state index in [-0.39, 0.29) is 0 Å². The van der Waals surface area contributed by atoms with E-state index < -0.39 is 12.2 Å². The molecule has 2 heteroatoms. The van der Waals surface area contributed by atoms with Crippen LogP contribution < -0.4 is 0 Å². The van der Waals surface area contributed by atoms with Crippen molar-refractivity contribution in [1.82, 2.24) is 0 Å². The van der Waals surface area contributed by atoms with E-state index in [1.54, 1.807) is 12.2 Å².